The first-order valence-electron chi connectivity index (χ1n) is 3.60. The largest absolute Gasteiger partial charge is 0.197 e. The molecule has 1 aromatic rings. The summed E-state index contributed by atoms with van der Waals surface area (Å²) >= 11 is 3.19. The standard InChI is InChI=1S/C10H8BrN/c11-10(8-12)7-6-9-4-2-1-3-5-9/h1-7,10H. The zero-order chi connectivity index (χ0) is 8.81. The van der Waals surface area contributed by atoms with Gasteiger partial charge in [-0.15, -0.1) is 0 Å². The molecule has 0 fully saturated rings. The Hall–Kier alpha value is -1.07. The van der Waals surface area contributed by atoms with Crippen LogP contribution in [0.2, 0.25) is 0 Å². The second-order valence-corrected chi connectivity index (χ2v) is 3.29. The summed E-state index contributed by atoms with van der Waals surface area (Å²) in [6.07, 6.45) is 3.73. The van der Waals surface area contributed by atoms with Crippen molar-refractivity contribution in [1.82, 2.24) is 0 Å². The van der Waals surface area contributed by atoms with Gasteiger partial charge in [0, 0.05) is 0 Å². The number of rotatable bonds is 2. The molecular formula is C10H8BrN. The van der Waals surface area contributed by atoms with Crippen LogP contribution in [0.4, 0.5) is 0 Å². The summed E-state index contributed by atoms with van der Waals surface area (Å²) in [7, 11) is 0. The molecule has 2 heteroatoms. The monoisotopic (exact) mass is 221 g/mol. The number of benzene rings is 1. The van der Waals surface area contributed by atoms with Crippen LogP contribution in [-0.4, -0.2) is 4.83 Å². The smallest absolute Gasteiger partial charge is 0.120 e. The van der Waals surface area contributed by atoms with Crippen molar-refractivity contribution in [1.29, 1.82) is 5.26 Å². The lowest BCUT2D eigenvalue weighted by Gasteiger charge is -1.91. The maximum absolute atomic E-state index is 8.46. The number of nitrogens with zero attached hydrogens (tertiary/aromatic N) is 1. The van der Waals surface area contributed by atoms with E-state index in [-0.39, 0.29) is 4.83 Å². The highest BCUT2D eigenvalue weighted by Gasteiger charge is 1.92. The van der Waals surface area contributed by atoms with Crippen LogP contribution in [0.5, 0.6) is 0 Å². The highest BCUT2D eigenvalue weighted by molar-refractivity contribution is 9.09. The van der Waals surface area contributed by atoms with Gasteiger partial charge in [0.05, 0.1) is 6.07 Å². The van der Waals surface area contributed by atoms with E-state index in [2.05, 4.69) is 22.0 Å². The van der Waals surface area contributed by atoms with Crippen molar-refractivity contribution in [3.05, 3.63) is 42.0 Å². The van der Waals surface area contributed by atoms with E-state index < -0.39 is 0 Å². The van der Waals surface area contributed by atoms with E-state index in [0.29, 0.717) is 0 Å². The number of alkyl halides is 1. The quantitative estimate of drug-likeness (QED) is 0.705. The Bertz CT molecular complexity index is 297. The molecule has 0 radical (unpaired) electrons. The average Bonchev–Trinajstić information content (AvgIpc) is 2.16. The van der Waals surface area contributed by atoms with E-state index in [1.807, 2.05) is 42.5 Å². The van der Waals surface area contributed by atoms with Gasteiger partial charge in [-0.1, -0.05) is 58.4 Å². The van der Waals surface area contributed by atoms with Crippen LogP contribution in [0.1, 0.15) is 5.56 Å². The Kier molecular flexibility index (Phi) is 3.56. The van der Waals surface area contributed by atoms with Crippen LogP contribution in [-0.2, 0) is 0 Å². The Morgan fingerprint density at radius 1 is 1.33 bits per heavy atom. The molecule has 1 rings (SSSR count). The number of halogens is 1. The van der Waals surface area contributed by atoms with Crippen LogP contribution >= 0.6 is 15.9 Å². The second kappa shape index (κ2) is 4.74. The number of hydrogen-bond acceptors (Lipinski definition) is 1. The summed E-state index contributed by atoms with van der Waals surface area (Å²) in [6, 6.07) is 12.0. The van der Waals surface area contributed by atoms with E-state index in [1.165, 1.54) is 0 Å². The minimum absolute atomic E-state index is 0.197. The molecule has 0 aromatic heterocycles. The maximum Gasteiger partial charge on any atom is 0.120 e. The Morgan fingerprint density at radius 2 is 2.00 bits per heavy atom. The van der Waals surface area contributed by atoms with Crippen LogP contribution in [0, 0.1) is 11.3 Å². The predicted octanol–water partition coefficient (Wildman–Crippen LogP) is 2.99. The van der Waals surface area contributed by atoms with E-state index in [4.69, 9.17) is 5.26 Å². The van der Waals surface area contributed by atoms with Crippen molar-refractivity contribution >= 4 is 22.0 Å². The Morgan fingerprint density at radius 3 is 2.58 bits per heavy atom. The molecule has 12 heavy (non-hydrogen) atoms. The van der Waals surface area contributed by atoms with Crippen LogP contribution in [0.25, 0.3) is 6.08 Å². The fourth-order valence-electron chi connectivity index (χ4n) is 0.803. The van der Waals surface area contributed by atoms with Gasteiger partial charge in [-0.3, -0.25) is 0 Å². The molecule has 0 N–H and O–H groups in total. The molecule has 60 valence electrons. The van der Waals surface area contributed by atoms with Gasteiger partial charge < -0.3 is 0 Å². The molecule has 0 amide bonds. The zero-order valence-electron chi connectivity index (χ0n) is 6.44. The third kappa shape index (κ3) is 2.89. The Balaban J connectivity index is 2.65. The first-order chi connectivity index (χ1) is 5.83. The van der Waals surface area contributed by atoms with Crippen molar-refractivity contribution in [3.8, 4) is 6.07 Å². The highest BCUT2D eigenvalue weighted by atomic mass is 79.9. The topological polar surface area (TPSA) is 23.8 Å². The van der Waals surface area contributed by atoms with Crippen LogP contribution in [0.3, 0.4) is 0 Å². The van der Waals surface area contributed by atoms with Gasteiger partial charge in [-0.2, -0.15) is 5.26 Å². The number of nitriles is 1. The minimum atomic E-state index is -0.197. The van der Waals surface area contributed by atoms with E-state index in [9.17, 15) is 0 Å². The van der Waals surface area contributed by atoms with Crippen molar-refractivity contribution in [2.24, 2.45) is 0 Å². The minimum Gasteiger partial charge on any atom is -0.197 e. The fourth-order valence-corrected chi connectivity index (χ4v) is 0.955. The summed E-state index contributed by atoms with van der Waals surface area (Å²) in [5, 5.41) is 8.46. The van der Waals surface area contributed by atoms with E-state index >= 15 is 0 Å². The molecule has 1 unspecified atom stereocenters. The van der Waals surface area contributed by atoms with Gasteiger partial charge in [0.25, 0.3) is 0 Å². The normalized spacial score (nSPS) is 12.7. The summed E-state index contributed by atoms with van der Waals surface area (Å²) < 4.78 is 0. The lowest BCUT2D eigenvalue weighted by molar-refractivity contribution is 1.39. The molecule has 1 nitrogen and oxygen atoms in total. The van der Waals surface area contributed by atoms with Crippen molar-refractivity contribution in [2.75, 3.05) is 0 Å². The first kappa shape index (κ1) is 9.02. The van der Waals surface area contributed by atoms with Crippen molar-refractivity contribution < 1.29 is 0 Å². The molecular weight excluding hydrogens is 214 g/mol. The molecule has 0 aliphatic rings. The van der Waals surface area contributed by atoms with E-state index in [1.54, 1.807) is 0 Å². The molecule has 1 aromatic carbocycles. The van der Waals surface area contributed by atoms with Gasteiger partial charge in [0.1, 0.15) is 4.83 Å². The molecule has 0 spiro atoms. The zero-order valence-corrected chi connectivity index (χ0v) is 8.03. The maximum atomic E-state index is 8.46. The second-order valence-electron chi connectivity index (χ2n) is 2.30. The van der Waals surface area contributed by atoms with Gasteiger partial charge in [-0.05, 0) is 5.56 Å². The van der Waals surface area contributed by atoms with Gasteiger partial charge in [0.2, 0.25) is 0 Å². The summed E-state index contributed by atoms with van der Waals surface area (Å²) in [6.45, 7) is 0. The molecule has 1 atom stereocenters. The number of hydrogen-bond donors (Lipinski definition) is 0. The molecule has 0 saturated heterocycles. The molecule has 0 bridgehead atoms. The summed E-state index contributed by atoms with van der Waals surface area (Å²) in [5.41, 5.74) is 1.11. The fraction of sp³-hybridized carbons (Fsp3) is 0.100. The van der Waals surface area contributed by atoms with Gasteiger partial charge >= 0.3 is 0 Å². The molecule has 0 saturated carbocycles. The average molecular weight is 222 g/mol. The van der Waals surface area contributed by atoms with Gasteiger partial charge in [0.15, 0.2) is 0 Å². The lowest BCUT2D eigenvalue weighted by Crippen LogP contribution is -1.83. The highest BCUT2D eigenvalue weighted by Crippen LogP contribution is 2.05. The van der Waals surface area contributed by atoms with Crippen LogP contribution < -0.4 is 0 Å². The van der Waals surface area contributed by atoms with Crippen molar-refractivity contribution in [3.63, 3.8) is 0 Å². The van der Waals surface area contributed by atoms with Gasteiger partial charge in [-0.25, -0.2) is 0 Å². The third-order valence-corrected chi connectivity index (χ3v) is 1.89. The molecule has 0 aliphatic carbocycles. The Labute approximate surface area is 80.5 Å². The molecule has 0 heterocycles. The predicted molar refractivity (Wildman–Crippen MR) is 53.8 cm³/mol. The van der Waals surface area contributed by atoms with Crippen molar-refractivity contribution in [2.45, 2.75) is 4.83 Å². The lowest BCUT2D eigenvalue weighted by atomic mass is 10.2. The SMILES string of the molecule is N#CC(Br)C=Cc1ccccc1. The molecule has 0 aliphatic heterocycles. The summed E-state index contributed by atoms with van der Waals surface area (Å²) in [5.74, 6) is 0. The number of allylic oxidation sites excluding steroid dienone is 1. The van der Waals surface area contributed by atoms with E-state index in [0.717, 1.165) is 5.56 Å². The third-order valence-electron chi connectivity index (χ3n) is 1.38. The summed E-state index contributed by atoms with van der Waals surface area (Å²) in [4.78, 5) is -0.197. The van der Waals surface area contributed by atoms with Crippen LogP contribution in [0.15, 0.2) is 36.4 Å². The first-order valence-corrected chi connectivity index (χ1v) is 4.51.